The first-order valence-corrected chi connectivity index (χ1v) is 44.1. The van der Waals surface area contributed by atoms with Gasteiger partial charge in [-0.1, -0.05) is 89.5 Å². The molecule has 0 amide bonds. The third-order valence-corrected chi connectivity index (χ3v) is 32.0. The van der Waals surface area contributed by atoms with E-state index < -0.39 is 0 Å². The Labute approximate surface area is 620 Å². The Kier molecular flexibility index (Phi) is 26.6. The molecule has 21 aliphatic rings. The second kappa shape index (κ2) is 32.3. The molecule has 0 saturated heterocycles. The summed E-state index contributed by atoms with van der Waals surface area (Å²) in [6.07, 6.45) is 44.9. The van der Waals surface area contributed by atoms with Gasteiger partial charge in [0.15, 0.2) is 0 Å². The molecule has 0 aliphatic heterocycles. The van der Waals surface area contributed by atoms with Crippen molar-refractivity contribution in [3.05, 3.63) is 0 Å². The second-order valence-electron chi connectivity index (χ2n) is 44.7. The van der Waals surface area contributed by atoms with E-state index in [4.69, 9.17) is 33.2 Å². The van der Waals surface area contributed by atoms with Crippen LogP contribution in [0.25, 0.3) is 0 Å². The van der Waals surface area contributed by atoms with Crippen LogP contribution in [0.5, 0.6) is 0 Å². The Hall–Kier alpha value is -0.280. The Morgan fingerprint density at radius 1 is 0.380 bits per heavy atom. The van der Waals surface area contributed by atoms with Gasteiger partial charge in [-0.15, -0.1) is 0 Å². The molecule has 0 spiro atoms. The van der Waals surface area contributed by atoms with Crippen LogP contribution in [0.4, 0.5) is 0 Å². The van der Waals surface area contributed by atoms with Gasteiger partial charge in [0.05, 0.1) is 85.0 Å². The topological polar surface area (TPSA) is 64.6 Å². The van der Waals surface area contributed by atoms with Crippen LogP contribution in [-0.2, 0) is 33.2 Å². The largest absolute Gasteiger partial charge is 0.378 e. The van der Waals surface area contributed by atoms with Gasteiger partial charge in [-0.25, -0.2) is 0 Å². The molecule has 13 atom stereocenters. The average Bonchev–Trinajstić information content (AvgIpc) is 1.67. The van der Waals surface area contributed by atoms with Crippen molar-refractivity contribution in [3.8, 4) is 0 Å². The Morgan fingerprint density at radius 2 is 0.840 bits per heavy atom. The van der Waals surface area contributed by atoms with E-state index in [2.05, 4.69) is 187 Å². The van der Waals surface area contributed by atoms with Gasteiger partial charge < -0.3 is 33.2 Å². The standard InChI is InChI=1S/C14H24O.C14H28O.2C13H22O.3C13H24O/c1-10(2)15-9-14-6-11-3-12(7-14)5-13(4-11)8-14;1-10(2)15-13-9-11(3)7-8-12(13)14(4,5)6;1-9(2)14-13-6-10-3-11(7-13)5-12(4-10)8-13;1-8(2)14-13-11-4-9-3-10(6-11)7-12(13)5-9;1-9(2)14-13(5)7-10-6-11(8-13)12(10,3)4;1-8(2)14-12-7-10-6-11(9(12)3)13(10,4)5;1-9(2)14-11-8-10-6-7-13(11,5)12(10,3)4/h10-13H,3-9H2,1-2H3;10-13H,7-9H2,1-6H3;9-12H,3-8H2,1-2H3;8-13H,3-7H2,1-2H3;9-11H,6-8H2,1-5H3;8-12H,6-7H2,1-5H3;9-11H,6-8H2,1-5H3/t;11-,12-,13-;;;10-,11+,13?;9-,10+,11-,12-;/m.1...0./s1. The predicted molar refractivity (Wildman–Crippen MR) is 419 cm³/mol. The first kappa shape index (κ1) is 82.2. The zero-order valence-electron chi connectivity index (χ0n) is 71.1. The van der Waals surface area contributed by atoms with Crippen molar-refractivity contribution in [2.24, 2.45) is 139 Å². The van der Waals surface area contributed by atoms with E-state index in [1.165, 1.54) is 154 Å². The van der Waals surface area contributed by atoms with Crippen molar-refractivity contribution in [1.29, 1.82) is 0 Å². The summed E-state index contributed by atoms with van der Waals surface area (Å²) in [6, 6.07) is 0. The zero-order valence-corrected chi connectivity index (χ0v) is 71.1. The molecule has 0 radical (unpaired) electrons. The maximum Gasteiger partial charge on any atom is 0.0694 e. The Morgan fingerprint density at radius 3 is 1.23 bits per heavy atom. The minimum absolute atomic E-state index is 0.178. The number of fused-ring (bicyclic) bond motifs is 6. The molecular formula is C93H168O7. The first-order valence-electron chi connectivity index (χ1n) is 44.1. The van der Waals surface area contributed by atoms with Crippen molar-refractivity contribution in [1.82, 2.24) is 0 Å². The fourth-order valence-corrected chi connectivity index (χ4v) is 27.6. The third kappa shape index (κ3) is 19.3. The highest BCUT2D eigenvalue weighted by atomic mass is 16.5. The maximum absolute atomic E-state index is 6.25. The van der Waals surface area contributed by atoms with Gasteiger partial charge >= 0.3 is 0 Å². The molecule has 0 N–H and O–H groups in total. The highest BCUT2D eigenvalue weighted by Crippen LogP contribution is 2.68. The monoisotopic (exact) mass is 1400 g/mol. The molecule has 0 aromatic carbocycles. The smallest absolute Gasteiger partial charge is 0.0694 e. The summed E-state index contributed by atoms with van der Waals surface area (Å²) in [7, 11) is 0. The number of ether oxygens (including phenoxy) is 7. The lowest BCUT2D eigenvalue weighted by atomic mass is 9.45. The molecule has 21 fully saturated rings. The summed E-state index contributed by atoms with van der Waals surface area (Å²) < 4.78 is 42.6. The maximum atomic E-state index is 6.25. The predicted octanol–water partition coefficient (Wildman–Crippen LogP) is 25.2. The quantitative estimate of drug-likeness (QED) is 0.162. The van der Waals surface area contributed by atoms with Crippen LogP contribution in [0.15, 0.2) is 0 Å². The van der Waals surface area contributed by atoms with Crippen LogP contribution in [0, 0.1) is 139 Å². The van der Waals surface area contributed by atoms with Gasteiger partial charge in [-0.05, 0) is 416 Å². The lowest BCUT2D eigenvalue weighted by Crippen LogP contribution is -2.57. The molecule has 18 bridgehead atoms. The van der Waals surface area contributed by atoms with Crippen LogP contribution >= 0.6 is 0 Å². The molecule has 7 heteroatoms. The van der Waals surface area contributed by atoms with Crippen molar-refractivity contribution in [2.75, 3.05) is 6.61 Å². The van der Waals surface area contributed by atoms with Crippen LogP contribution in [-0.4, -0.2) is 85.0 Å². The van der Waals surface area contributed by atoms with Crippen molar-refractivity contribution < 1.29 is 33.2 Å². The minimum Gasteiger partial charge on any atom is -0.378 e. The molecule has 4 unspecified atom stereocenters. The van der Waals surface area contributed by atoms with Gasteiger partial charge in [0.25, 0.3) is 0 Å². The van der Waals surface area contributed by atoms with E-state index in [1.807, 2.05) is 0 Å². The fraction of sp³-hybridized carbons (Fsp3) is 1.00. The molecule has 0 aromatic rings. The van der Waals surface area contributed by atoms with Gasteiger partial charge in [-0.3, -0.25) is 0 Å². The van der Waals surface area contributed by atoms with Gasteiger partial charge in [0.2, 0.25) is 0 Å². The molecule has 0 aromatic heterocycles. The zero-order chi connectivity index (χ0) is 73.2. The summed E-state index contributed by atoms with van der Waals surface area (Å²) in [5.74, 6) is 17.1. The van der Waals surface area contributed by atoms with E-state index in [9.17, 15) is 0 Å². The molecule has 21 rings (SSSR count). The molecule has 0 heterocycles. The molecule has 21 saturated carbocycles. The van der Waals surface area contributed by atoms with Gasteiger partial charge in [0.1, 0.15) is 0 Å². The van der Waals surface area contributed by atoms with Gasteiger partial charge in [0, 0.05) is 0 Å². The number of hydrogen-bond acceptors (Lipinski definition) is 7. The van der Waals surface area contributed by atoms with E-state index in [0.717, 1.165) is 113 Å². The van der Waals surface area contributed by atoms with Crippen LogP contribution in [0.2, 0.25) is 0 Å². The summed E-state index contributed by atoms with van der Waals surface area (Å²) in [5, 5.41) is 0. The van der Waals surface area contributed by atoms with Crippen LogP contribution < -0.4 is 0 Å². The second-order valence-corrected chi connectivity index (χ2v) is 44.7. The highest BCUT2D eigenvalue weighted by molar-refractivity contribution is 5.12. The molecular weight excluding hydrogens is 1230 g/mol. The van der Waals surface area contributed by atoms with Crippen LogP contribution in [0.1, 0.15) is 367 Å². The SMILES string of the molecule is CC(C)OC1(C)C[C@H]2C[C@@H](C1)C2(C)C.CC(C)OC12CC3CC(CC(C3)C1)C2.CC(C)OC1C2CC3CC(C2)CC1C3.CC(C)OC1CC2CCC1(C)C2(C)C.CC(C)OCC12CC3CC(CC(C3)C1)C2.CC(C)O[C@@H]1C[C@H](C)CC[C@H]1C(C)(C)C.CC(C)O[C@H]1C[C@H]2C[C@@H]([C@@H]1C)C2(C)C. The molecule has 582 valence electrons. The average molecular weight is 1400 g/mol. The van der Waals surface area contributed by atoms with Crippen molar-refractivity contribution in [3.63, 3.8) is 0 Å². The summed E-state index contributed by atoms with van der Waals surface area (Å²) >= 11 is 0. The number of rotatable bonds is 15. The van der Waals surface area contributed by atoms with Crippen molar-refractivity contribution >= 4 is 0 Å². The lowest BCUT2D eigenvalue weighted by molar-refractivity contribution is -0.194. The molecule has 7 nitrogen and oxygen atoms in total. The third-order valence-electron chi connectivity index (χ3n) is 32.0. The Balaban J connectivity index is 0.000000126. The van der Waals surface area contributed by atoms with E-state index in [-0.39, 0.29) is 5.60 Å². The minimum atomic E-state index is 0.178. The fourth-order valence-electron chi connectivity index (χ4n) is 27.6. The number of hydrogen-bond donors (Lipinski definition) is 0. The van der Waals surface area contributed by atoms with E-state index >= 15 is 0 Å². The highest BCUT2D eigenvalue weighted by Gasteiger charge is 2.63. The van der Waals surface area contributed by atoms with E-state index in [0.29, 0.717) is 105 Å². The van der Waals surface area contributed by atoms with Crippen molar-refractivity contribution in [2.45, 2.75) is 445 Å². The summed E-state index contributed by atoms with van der Waals surface area (Å²) in [4.78, 5) is 0. The Bertz CT molecular complexity index is 2410. The lowest BCUT2D eigenvalue weighted by Gasteiger charge is -2.62. The molecule has 21 aliphatic carbocycles. The van der Waals surface area contributed by atoms with Crippen LogP contribution in [0.3, 0.4) is 0 Å². The van der Waals surface area contributed by atoms with Gasteiger partial charge in [-0.2, -0.15) is 0 Å². The summed E-state index contributed by atoms with van der Waals surface area (Å²) in [6.45, 7) is 62.5. The first-order chi connectivity index (χ1) is 46.5. The summed E-state index contributed by atoms with van der Waals surface area (Å²) in [5.41, 5.74) is 3.61. The van der Waals surface area contributed by atoms with E-state index in [1.54, 1.807) is 25.7 Å². The molecule has 100 heavy (non-hydrogen) atoms. The normalized spacial score (nSPS) is 45.2.